The summed E-state index contributed by atoms with van der Waals surface area (Å²) < 4.78 is 147. The molecule has 0 aromatic carbocycles. The van der Waals surface area contributed by atoms with E-state index in [1.807, 2.05) is 0 Å². The first-order valence-electron chi connectivity index (χ1n) is 4.04. The standard InChI is InChI=1S/C4H5F6NO7S3/c1-19(12,13)11-20(14,15)3(7,8)2(5,6)4(9,10)21(16,17)18/h11H,1H3,(H,16,17,18). The van der Waals surface area contributed by atoms with Crippen molar-refractivity contribution in [2.24, 2.45) is 0 Å². The van der Waals surface area contributed by atoms with Crippen LogP contribution in [-0.2, 0) is 30.2 Å². The Hall–Kier alpha value is -0.650. The normalized spacial score (nSPS) is 16.0. The zero-order chi connectivity index (χ0) is 17.7. The van der Waals surface area contributed by atoms with Crippen LogP contribution in [0.3, 0.4) is 0 Å². The summed E-state index contributed by atoms with van der Waals surface area (Å²) in [6.45, 7) is 0. The molecule has 0 fully saturated rings. The smallest absolute Gasteiger partial charge is 0.281 e. The minimum Gasteiger partial charge on any atom is -0.281 e. The molecule has 0 amide bonds. The Kier molecular flexibility index (Phi) is 4.78. The maximum absolute atomic E-state index is 13.0. The Labute approximate surface area is 114 Å². The number of alkyl halides is 6. The Morgan fingerprint density at radius 2 is 1.14 bits per heavy atom. The molecule has 0 bridgehead atoms. The van der Waals surface area contributed by atoms with E-state index in [4.69, 9.17) is 4.55 Å². The molecule has 0 saturated carbocycles. The van der Waals surface area contributed by atoms with Crippen LogP contribution in [0.5, 0.6) is 0 Å². The lowest BCUT2D eigenvalue weighted by atomic mass is 10.3. The van der Waals surface area contributed by atoms with Gasteiger partial charge in [0.15, 0.2) is 0 Å². The molecule has 0 radical (unpaired) electrons. The van der Waals surface area contributed by atoms with Crippen LogP contribution >= 0.6 is 0 Å². The molecule has 8 nitrogen and oxygen atoms in total. The molecule has 0 rings (SSSR count). The number of rotatable bonds is 6. The molecule has 0 aromatic rings. The quantitative estimate of drug-likeness (QED) is 0.465. The van der Waals surface area contributed by atoms with Crippen LogP contribution in [0.2, 0.25) is 0 Å². The van der Waals surface area contributed by atoms with Gasteiger partial charge in [0.2, 0.25) is 10.0 Å². The van der Waals surface area contributed by atoms with Crippen LogP contribution in [0.25, 0.3) is 0 Å². The van der Waals surface area contributed by atoms with Crippen molar-refractivity contribution < 1.29 is 56.1 Å². The highest BCUT2D eigenvalue weighted by Crippen LogP contribution is 2.50. The summed E-state index contributed by atoms with van der Waals surface area (Å²) in [7, 11) is -19.3. The predicted molar refractivity (Wildman–Crippen MR) is 53.3 cm³/mol. The van der Waals surface area contributed by atoms with E-state index in [9.17, 15) is 51.6 Å². The Morgan fingerprint density at radius 1 is 0.810 bits per heavy atom. The van der Waals surface area contributed by atoms with Crippen LogP contribution in [0.1, 0.15) is 0 Å². The first kappa shape index (κ1) is 20.3. The molecule has 0 unspecified atom stereocenters. The Morgan fingerprint density at radius 3 is 1.38 bits per heavy atom. The first-order chi connectivity index (χ1) is 8.71. The van der Waals surface area contributed by atoms with E-state index in [0.717, 1.165) is 0 Å². The van der Waals surface area contributed by atoms with Gasteiger partial charge < -0.3 is 0 Å². The maximum atomic E-state index is 13.0. The van der Waals surface area contributed by atoms with Crippen molar-refractivity contribution in [2.45, 2.75) is 16.4 Å². The summed E-state index contributed by atoms with van der Waals surface area (Å²) in [5.41, 5.74) is 0. The lowest BCUT2D eigenvalue weighted by Gasteiger charge is -2.29. The average molecular weight is 389 g/mol. The summed E-state index contributed by atoms with van der Waals surface area (Å²) in [6.07, 6.45) is -0.0836. The molecule has 0 spiro atoms. The van der Waals surface area contributed by atoms with Crippen LogP contribution in [0.4, 0.5) is 26.3 Å². The summed E-state index contributed by atoms with van der Waals surface area (Å²) in [4.78, 5) is 0. The van der Waals surface area contributed by atoms with Crippen molar-refractivity contribution in [1.82, 2.24) is 4.13 Å². The highest BCUT2D eigenvalue weighted by Gasteiger charge is 2.82. The van der Waals surface area contributed by atoms with Crippen molar-refractivity contribution in [3.63, 3.8) is 0 Å². The molecule has 0 aliphatic carbocycles. The number of hydrogen-bond acceptors (Lipinski definition) is 6. The van der Waals surface area contributed by atoms with Gasteiger partial charge in [0.25, 0.3) is 10.0 Å². The molecule has 128 valence electrons. The van der Waals surface area contributed by atoms with Gasteiger partial charge in [-0.05, 0) is 0 Å². The third-order valence-electron chi connectivity index (χ3n) is 1.65. The fourth-order valence-corrected chi connectivity index (χ4v) is 3.75. The zero-order valence-corrected chi connectivity index (χ0v) is 11.8. The van der Waals surface area contributed by atoms with Gasteiger partial charge in [0.05, 0.1) is 6.26 Å². The molecule has 0 heterocycles. The second-order valence-corrected chi connectivity index (χ2v) is 8.64. The fourth-order valence-electron chi connectivity index (χ4n) is 0.752. The minimum absolute atomic E-state index is 0.0299. The first-order valence-corrected chi connectivity index (χ1v) is 8.86. The second kappa shape index (κ2) is 4.93. The summed E-state index contributed by atoms with van der Waals surface area (Å²) in [6, 6.07) is 0. The lowest BCUT2D eigenvalue weighted by Crippen LogP contribution is -2.63. The van der Waals surface area contributed by atoms with E-state index in [-0.39, 0.29) is 10.4 Å². The van der Waals surface area contributed by atoms with Crippen LogP contribution < -0.4 is 4.13 Å². The molecule has 17 heteroatoms. The molecule has 0 aromatic heterocycles. The van der Waals surface area contributed by atoms with Crippen LogP contribution in [-0.4, -0.2) is 52.5 Å². The highest BCUT2D eigenvalue weighted by molar-refractivity contribution is 8.04. The molecular weight excluding hydrogens is 384 g/mol. The van der Waals surface area contributed by atoms with Crippen LogP contribution in [0.15, 0.2) is 0 Å². The molecule has 21 heavy (non-hydrogen) atoms. The number of halogens is 6. The average Bonchev–Trinajstić information content (AvgIpc) is 2.10. The van der Waals surface area contributed by atoms with E-state index in [2.05, 4.69) is 0 Å². The van der Waals surface area contributed by atoms with Crippen molar-refractivity contribution in [2.75, 3.05) is 6.26 Å². The third-order valence-corrected chi connectivity index (χ3v) is 5.58. The van der Waals surface area contributed by atoms with Crippen molar-refractivity contribution in [1.29, 1.82) is 0 Å². The number of nitrogens with one attached hydrogen (secondary N) is 1. The van der Waals surface area contributed by atoms with Gasteiger partial charge in [0, 0.05) is 0 Å². The van der Waals surface area contributed by atoms with Gasteiger partial charge in [-0.2, -0.15) is 34.8 Å². The highest BCUT2D eigenvalue weighted by atomic mass is 32.3. The fraction of sp³-hybridized carbons (Fsp3) is 1.00. The van der Waals surface area contributed by atoms with Gasteiger partial charge in [-0.15, -0.1) is 4.13 Å². The third kappa shape index (κ3) is 3.41. The topological polar surface area (TPSA) is 135 Å². The van der Waals surface area contributed by atoms with E-state index in [1.165, 1.54) is 0 Å². The number of sulfonamides is 2. The second-order valence-electron chi connectivity index (χ2n) is 3.44. The number of hydrogen-bond donors (Lipinski definition) is 2. The van der Waals surface area contributed by atoms with E-state index in [1.54, 1.807) is 0 Å². The lowest BCUT2D eigenvalue weighted by molar-refractivity contribution is -0.245. The monoisotopic (exact) mass is 389 g/mol. The molecule has 2 N–H and O–H groups in total. The van der Waals surface area contributed by atoms with E-state index >= 15 is 0 Å². The van der Waals surface area contributed by atoms with Crippen LogP contribution in [0, 0.1) is 0 Å². The van der Waals surface area contributed by atoms with Gasteiger partial charge >= 0.3 is 26.5 Å². The van der Waals surface area contributed by atoms with Gasteiger partial charge in [0.1, 0.15) is 0 Å². The van der Waals surface area contributed by atoms with Crippen molar-refractivity contribution in [3.8, 4) is 0 Å². The molecule has 0 aliphatic rings. The Balaban J connectivity index is 6.27. The van der Waals surface area contributed by atoms with Crippen molar-refractivity contribution in [3.05, 3.63) is 0 Å². The largest absolute Gasteiger partial charge is 0.439 e. The van der Waals surface area contributed by atoms with E-state index in [0.29, 0.717) is 0 Å². The maximum Gasteiger partial charge on any atom is 0.439 e. The Bertz CT molecular complexity index is 722. The van der Waals surface area contributed by atoms with Gasteiger partial charge in [-0.25, -0.2) is 16.8 Å². The van der Waals surface area contributed by atoms with E-state index < -0.39 is 46.6 Å². The zero-order valence-electron chi connectivity index (χ0n) is 9.39. The summed E-state index contributed by atoms with van der Waals surface area (Å²) >= 11 is 0. The van der Waals surface area contributed by atoms with Crippen molar-refractivity contribution >= 4 is 30.2 Å². The molecule has 0 atom stereocenters. The SMILES string of the molecule is CS(=O)(=O)NS(=O)(=O)C(F)(F)C(F)(F)C(F)(F)S(=O)(=O)O. The van der Waals surface area contributed by atoms with Gasteiger partial charge in [-0.3, -0.25) is 4.55 Å². The molecular formula is C4H5F6NO7S3. The molecule has 0 aliphatic heterocycles. The molecule has 0 saturated heterocycles. The summed E-state index contributed by atoms with van der Waals surface area (Å²) in [5.74, 6) is -7.19. The predicted octanol–water partition coefficient (Wildman–Crippen LogP) is -0.426. The summed E-state index contributed by atoms with van der Waals surface area (Å²) in [5, 5.41) is -13.8. The van der Waals surface area contributed by atoms with Gasteiger partial charge in [-0.1, -0.05) is 0 Å². The minimum atomic E-state index is -7.19.